The van der Waals surface area contributed by atoms with E-state index in [1.54, 1.807) is 24.5 Å². The third-order valence-corrected chi connectivity index (χ3v) is 6.43. The number of carbonyl (C=O) groups is 1. The molecule has 1 aliphatic rings. The lowest BCUT2D eigenvalue weighted by atomic mass is 9.97. The number of likely N-dealkylation sites (tertiary alicyclic amines) is 1. The molecule has 0 aromatic carbocycles. The molecule has 1 saturated heterocycles. The summed E-state index contributed by atoms with van der Waals surface area (Å²) in [6.45, 7) is 7.18. The Bertz CT molecular complexity index is 990. The van der Waals surface area contributed by atoms with Gasteiger partial charge >= 0.3 is 0 Å². The van der Waals surface area contributed by atoms with Crippen molar-refractivity contribution in [3.05, 3.63) is 40.2 Å². The molecular formula is C19H22N6O2S. The summed E-state index contributed by atoms with van der Waals surface area (Å²) in [4.78, 5) is 29.0. The van der Waals surface area contributed by atoms with E-state index < -0.39 is 0 Å². The first-order valence-corrected chi connectivity index (χ1v) is 10.2. The second-order valence-electron chi connectivity index (χ2n) is 7.08. The molecule has 4 heterocycles. The number of carbonyl (C=O) groups excluding carboxylic acids is 1. The molecular weight excluding hydrogens is 376 g/mol. The summed E-state index contributed by atoms with van der Waals surface area (Å²) in [7, 11) is 0. The monoisotopic (exact) mass is 398 g/mol. The van der Waals surface area contributed by atoms with Gasteiger partial charge in [0.2, 0.25) is 5.91 Å². The van der Waals surface area contributed by atoms with Crippen molar-refractivity contribution >= 4 is 17.2 Å². The molecule has 4 rings (SSSR count). The molecule has 1 fully saturated rings. The summed E-state index contributed by atoms with van der Waals surface area (Å²) in [5.74, 6) is 1.21. The average Bonchev–Trinajstić information content (AvgIpc) is 3.27. The summed E-state index contributed by atoms with van der Waals surface area (Å²) in [6, 6.07) is 1.93. The number of aromatic nitrogens is 5. The van der Waals surface area contributed by atoms with Crippen LogP contribution in [0.15, 0.2) is 16.9 Å². The zero-order valence-corrected chi connectivity index (χ0v) is 17.0. The molecule has 0 saturated carbocycles. The Balaban J connectivity index is 1.41. The third kappa shape index (κ3) is 3.80. The van der Waals surface area contributed by atoms with Crippen LogP contribution in [-0.4, -0.2) is 49.2 Å². The number of rotatable bonds is 4. The largest absolute Gasteiger partial charge is 0.342 e. The Morgan fingerprint density at radius 1 is 1.18 bits per heavy atom. The maximum absolute atomic E-state index is 12.5. The van der Waals surface area contributed by atoms with E-state index in [1.807, 2.05) is 24.8 Å². The highest BCUT2D eigenvalue weighted by atomic mass is 32.1. The minimum atomic E-state index is 0.0738. The van der Waals surface area contributed by atoms with Crippen molar-refractivity contribution in [2.24, 2.45) is 0 Å². The van der Waals surface area contributed by atoms with E-state index in [1.165, 1.54) is 0 Å². The molecule has 0 spiro atoms. The molecule has 28 heavy (non-hydrogen) atoms. The molecule has 1 aliphatic heterocycles. The first-order chi connectivity index (χ1) is 13.5. The highest BCUT2D eigenvalue weighted by Gasteiger charge is 2.27. The number of hydrogen-bond donors (Lipinski definition) is 0. The van der Waals surface area contributed by atoms with Crippen LogP contribution in [0.3, 0.4) is 0 Å². The Morgan fingerprint density at radius 2 is 1.96 bits per heavy atom. The zero-order chi connectivity index (χ0) is 19.7. The third-order valence-electron chi connectivity index (χ3n) is 5.08. The Kier molecular flexibility index (Phi) is 5.17. The van der Waals surface area contributed by atoms with Crippen molar-refractivity contribution in [3.8, 4) is 10.6 Å². The summed E-state index contributed by atoms with van der Waals surface area (Å²) < 4.78 is 4.68. The zero-order valence-electron chi connectivity index (χ0n) is 16.2. The molecule has 0 unspecified atom stereocenters. The Labute approximate surface area is 167 Å². The van der Waals surface area contributed by atoms with Gasteiger partial charge in [0, 0.05) is 25.2 Å². The standard InChI is InChI=1S/C19H22N6O2S/c1-11-16(24-27-23-11)10-17(26)25-8-5-14(6-9-25)19-21-12(2)18(28-19)15-4-7-20-13(3)22-15/h4,7,14H,5-6,8-10H2,1-3H3. The van der Waals surface area contributed by atoms with Gasteiger partial charge in [-0.25, -0.2) is 19.6 Å². The minimum absolute atomic E-state index is 0.0738. The molecule has 146 valence electrons. The van der Waals surface area contributed by atoms with Crippen LogP contribution in [0.25, 0.3) is 10.6 Å². The number of hydrogen-bond acceptors (Lipinski definition) is 8. The van der Waals surface area contributed by atoms with Crippen molar-refractivity contribution in [3.63, 3.8) is 0 Å². The highest BCUT2D eigenvalue weighted by Crippen LogP contribution is 2.36. The molecule has 0 radical (unpaired) electrons. The van der Waals surface area contributed by atoms with Crippen LogP contribution in [0.2, 0.25) is 0 Å². The van der Waals surface area contributed by atoms with Crippen LogP contribution in [0.5, 0.6) is 0 Å². The van der Waals surface area contributed by atoms with Gasteiger partial charge in [-0.15, -0.1) is 11.3 Å². The Hall–Kier alpha value is -2.68. The summed E-state index contributed by atoms with van der Waals surface area (Å²) in [6.07, 6.45) is 3.86. The van der Waals surface area contributed by atoms with Crippen molar-refractivity contribution in [1.82, 2.24) is 30.2 Å². The second kappa shape index (κ2) is 7.75. The van der Waals surface area contributed by atoms with E-state index in [0.29, 0.717) is 17.3 Å². The second-order valence-corrected chi connectivity index (χ2v) is 8.11. The molecule has 0 atom stereocenters. The van der Waals surface area contributed by atoms with Crippen molar-refractivity contribution in [2.45, 2.75) is 46.0 Å². The topological polar surface area (TPSA) is 97.9 Å². The van der Waals surface area contributed by atoms with E-state index in [-0.39, 0.29) is 12.3 Å². The maximum Gasteiger partial charge on any atom is 0.228 e. The fraction of sp³-hybridized carbons (Fsp3) is 0.474. The van der Waals surface area contributed by atoms with Gasteiger partial charge in [0.1, 0.15) is 17.2 Å². The van der Waals surface area contributed by atoms with Crippen LogP contribution >= 0.6 is 11.3 Å². The van der Waals surface area contributed by atoms with Gasteiger partial charge < -0.3 is 4.90 Å². The highest BCUT2D eigenvalue weighted by molar-refractivity contribution is 7.15. The van der Waals surface area contributed by atoms with Gasteiger partial charge in [-0.2, -0.15) is 0 Å². The minimum Gasteiger partial charge on any atom is -0.342 e. The lowest BCUT2D eigenvalue weighted by molar-refractivity contribution is -0.131. The molecule has 3 aromatic rings. The van der Waals surface area contributed by atoms with Crippen LogP contribution in [0, 0.1) is 20.8 Å². The smallest absolute Gasteiger partial charge is 0.228 e. The fourth-order valence-corrected chi connectivity index (χ4v) is 4.66. The predicted molar refractivity (Wildman–Crippen MR) is 104 cm³/mol. The van der Waals surface area contributed by atoms with E-state index in [0.717, 1.165) is 53.0 Å². The molecule has 0 aliphatic carbocycles. The van der Waals surface area contributed by atoms with E-state index in [2.05, 4.69) is 24.9 Å². The van der Waals surface area contributed by atoms with Gasteiger partial charge in [0.25, 0.3) is 0 Å². The molecule has 1 amide bonds. The van der Waals surface area contributed by atoms with E-state index in [9.17, 15) is 4.79 Å². The average molecular weight is 398 g/mol. The molecule has 8 nitrogen and oxygen atoms in total. The molecule has 0 bridgehead atoms. The molecule has 9 heteroatoms. The van der Waals surface area contributed by atoms with Gasteiger partial charge in [-0.1, -0.05) is 10.3 Å². The van der Waals surface area contributed by atoms with E-state index in [4.69, 9.17) is 4.98 Å². The predicted octanol–water partition coefficient (Wildman–Crippen LogP) is 2.86. The van der Waals surface area contributed by atoms with Crippen LogP contribution in [0.1, 0.15) is 46.7 Å². The molecule has 3 aromatic heterocycles. The van der Waals surface area contributed by atoms with Gasteiger partial charge in [0.05, 0.1) is 27.7 Å². The number of nitrogens with zero attached hydrogens (tertiary/aromatic N) is 6. The van der Waals surface area contributed by atoms with Gasteiger partial charge in [-0.05, 0) is 39.7 Å². The quantitative estimate of drug-likeness (QED) is 0.666. The first kappa shape index (κ1) is 18.7. The first-order valence-electron chi connectivity index (χ1n) is 9.34. The maximum atomic E-state index is 12.5. The normalized spacial score (nSPS) is 15.2. The summed E-state index contributed by atoms with van der Waals surface area (Å²) in [5.41, 5.74) is 3.23. The molecule has 0 N–H and O–H groups in total. The number of amides is 1. The lowest BCUT2D eigenvalue weighted by Gasteiger charge is -2.31. The van der Waals surface area contributed by atoms with Crippen LogP contribution in [-0.2, 0) is 11.2 Å². The number of thiazole rings is 1. The van der Waals surface area contributed by atoms with Gasteiger partial charge in [-0.3, -0.25) is 4.79 Å². The summed E-state index contributed by atoms with van der Waals surface area (Å²) >= 11 is 1.71. The van der Waals surface area contributed by atoms with Crippen molar-refractivity contribution in [2.75, 3.05) is 13.1 Å². The van der Waals surface area contributed by atoms with E-state index >= 15 is 0 Å². The van der Waals surface area contributed by atoms with Crippen molar-refractivity contribution < 1.29 is 9.42 Å². The fourth-order valence-electron chi connectivity index (χ4n) is 3.45. The number of piperidine rings is 1. The lowest BCUT2D eigenvalue weighted by Crippen LogP contribution is -2.38. The summed E-state index contributed by atoms with van der Waals surface area (Å²) in [5, 5.41) is 8.67. The van der Waals surface area contributed by atoms with Gasteiger partial charge in [0.15, 0.2) is 0 Å². The SMILES string of the molecule is Cc1nccc(-c2sc(C3CCN(C(=O)Cc4nonc4C)CC3)nc2C)n1. The Morgan fingerprint density at radius 3 is 2.64 bits per heavy atom. The van der Waals surface area contributed by atoms with Crippen LogP contribution in [0.4, 0.5) is 0 Å². The van der Waals surface area contributed by atoms with Crippen molar-refractivity contribution in [1.29, 1.82) is 0 Å². The van der Waals surface area contributed by atoms with Crippen LogP contribution < -0.4 is 0 Å². The number of aryl methyl sites for hydroxylation is 3.